The van der Waals surface area contributed by atoms with Gasteiger partial charge in [0.05, 0.1) is 20.6 Å². The molecule has 0 heterocycles. The van der Waals surface area contributed by atoms with Gasteiger partial charge in [0, 0.05) is 18.6 Å². The number of nitrogens with one attached hydrogen (secondary N) is 1. The van der Waals surface area contributed by atoms with Crippen molar-refractivity contribution in [3.05, 3.63) is 92.9 Å². The Balaban J connectivity index is 2.08. The number of hydrogen-bond donors (Lipinski definition) is 1. The first kappa shape index (κ1) is 29.8. The van der Waals surface area contributed by atoms with E-state index >= 15 is 0 Å². The van der Waals surface area contributed by atoms with Crippen molar-refractivity contribution in [1.29, 1.82) is 0 Å². The van der Waals surface area contributed by atoms with Gasteiger partial charge in [-0.1, -0.05) is 71.6 Å². The van der Waals surface area contributed by atoms with Crippen molar-refractivity contribution in [2.75, 3.05) is 17.9 Å². The number of carbonyl (C=O) groups is 2. The molecule has 1 unspecified atom stereocenters. The molecule has 1 atom stereocenters. The number of aryl methyl sites for hydroxylation is 1. The Kier molecular flexibility index (Phi) is 10.1. The van der Waals surface area contributed by atoms with Crippen molar-refractivity contribution < 1.29 is 18.0 Å². The summed E-state index contributed by atoms with van der Waals surface area (Å²) >= 11 is 18.3. The molecule has 3 aromatic rings. The first-order chi connectivity index (χ1) is 18.0. The van der Waals surface area contributed by atoms with Crippen molar-refractivity contribution in [3.63, 3.8) is 0 Å². The van der Waals surface area contributed by atoms with Crippen LogP contribution in [0.3, 0.4) is 0 Å². The minimum absolute atomic E-state index is 0.00423. The number of amides is 2. The first-order valence-corrected chi connectivity index (χ1v) is 14.3. The predicted molar refractivity (Wildman–Crippen MR) is 152 cm³/mol. The minimum atomic E-state index is -4.20. The summed E-state index contributed by atoms with van der Waals surface area (Å²) in [5.41, 5.74) is 1.77. The number of benzene rings is 3. The van der Waals surface area contributed by atoms with Crippen LogP contribution in [0.5, 0.6) is 0 Å². The normalized spacial score (nSPS) is 12.1. The molecule has 0 saturated heterocycles. The molecule has 0 aliphatic heterocycles. The lowest BCUT2D eigenvalue weighted by Crippen LogP contribution is -2.51. The number of likely N-dealkylation sites (N-methyl/N-ethyl adjacent to an activating group) is 1. The molecule has 2 amide bonds. The molecule has 1 N–H and O–H groups in total. The van der Waals surface area contributed by atoms with Crippen molar-refractivity contribution in [1.82, 2.24) is 10.2 Å². The highest BCUT2D eigenvalue weighted by molar-refractivity contribution is 7.92. The molecule has 0 spiro atoms. The van der Waals surface area contributed by atoms with Crippen molar-refractivity contribution in [3.8, 4) is 0 Å². The number of hydrogen-bond acceptors (Lipinski definition) is 4. The van der Waals surface area contributed by atoms with Crippen molar-refractivity contribution in [2.45, 2.75) is 37.8 Å². The van der Waals surface area contributed by atoms with E-state index in [0.29, 0.717) is 11.4 Å². The molecule has 11 heteroatoms. The zero-order valence-electron chi connectivity index (χ0n) is 21.1. The van der Waals surface area contributed by atoms with Crippen LogP contribution < -0.4 is 9.62 Å². The quantitative estimate of drug-likeness (QED) is 0.325. The number of sulfonamides is 1. The Bertz CT molecular complexity index is 1400. The minimum Gasteiger partial charge on any atom is -0.357 e. The Morgan fingerprint density at radius 2 is 1.55 bits per heavy atom. The fourth-order valence-electron chi connectivity index (χ4n) is 3.88. The molecule has 0 aliphatic carbocycles. The lowest BCUT2D eigenvalue weighted by Gasteiger charge is -2.33. The number of nitrogens with zero attached hydrogens (tertiary/aromatic N) is 2. The molecule has 0 saturated carbocycles. The second kappa shape index (κ2) is 12.8. The van der Waals surface area contributed by atoms with Gasteiger partial charge in [-0.05, 0) is 61.4 Å². The third-order valence-corrected chi connectivity index (χ3v) is 8.76. The van der Waals surface area contributed by atoms with Gasteiger partial charge in [0.1, 0.15) is 12.6 Å². The summed E-state index contributed by atoms with van der Waals surface area (Å²) in [7, 11) is -2.71. The van der Waals surface area contributed by atoms with Crippen LogP contribution in [-0.4, -0.2) is 44.8 Å². The van der Waals surface area contributed by atoms with Gasteiger partial charge in [-0.15, -0.1) is 0 Å². The maximum absolute atomic E-state index is 13.9. The van der Waals surface area contributed by atoms with Gasteiger partial charge < -0.3 is 10.2 Å². The van der Waals surface area contributed by atoms with E-state index in [4.69, 9.17) is 34.8 Å². The second-order valence-electron chi connectivity index (χ2n) is 8.61. The summed E-state index contributed by atoms with van der Waals surface area (Å²) in [4.78, 5) is 28.0. The van der Waals surface area contributed by atoms with Gasteiger partial charge in [-0.25, -0.2) is 8.42 Å². The SMILES string of the molecule is CCC(C(=O)NC)N(Cc1ccc(Cl)cc1)C(=O)CN(c1ccc(Cl)c(Cl)c1)S(=O)(=O)c1ccc(C)cc1. The van der Waals surface area contributed by atoms with E-state index in [2.05, 4.69) is 5.32 Å². The fourth-order valence-corrected chi connectivity index (χ4v) is 5.70. The molecule has 0 bridgehead atoms. The van der Waals surface area contributed by atoms with E-state index < -0.39 is 28.5 Å². The molecule has 7 nitrogen and oxygen atoms in total. The van der Waals surface area contributed by atoms with Crippen LogP contribution in [0, 0.1) is 6.92 Å². The summed E-state index contributed by atoms with van der Waals surface area (Å²) in [6.07, 6.45) is 0.316. The molecule has 38 heavy (non-hydrogen) atoms. The maximum atomic E-state index is 13.9. The molecule has 0 fully saturated rings. The molecule has 0 radical (unpaired) electrons. The zero-order chi connectivity index (χ0) is 28.0. The molecular formula is C27H28Cl3N3O4S. The van der Waals surface area contributed by atoms with E-state index in [1.54, 1.807) is 43.3 Å². The van der Waals surface area contributed by atoms with Crippen LogP contribution in [0.15, 0.2) is 71.6 Å². The highest BCUT2D eigenvalue weighted by atomic mass is 35.5. The van der Waals surface area contributed by atoms with Crippen LogP contribution in [0.25, 0.3) is 0 Å². The summed E-state index contributed by atoms with van der Waals surface area (Å²) in [6.45, 7) is 3.12. The molecule has 0 aromatic heterocycles. The average molecular weight is 597 g/mol. The van der Waals surface area contributed by atoms with E-state index in [1.165, 1.54) is 42.3 Å². The lowest BCUT2D eigenvalue weighted by molar-refractivity contribution is -0.140. The number of carbonyl (C=O) groups excluding carboxylic acids is 2. The van der Waals surface area contributed by atoms with Crippen LogP contribution in [0.2, 0.25) is 15.1 Å². The Morgan fingerprint density at radius 1 is 0.921 bits per heavy atom. The number of rotatable bonds is 10. The molecular weight excluding hydrogens is 569 g/mol. The maximum Gasteiger partial charge on any atom is 0.264 e. The van der Waals surface area contributed by atoms with Crippen LogP contribution in [-0.2, 0) is 26.2 Å². The van der Waals surface area contributed by atoms with Crippen LogP contribution in [0.4, 0.5) is 5.69 Å². The fraction of sp³-hybridized carbons (Fsp3) is 0.259. The average Bonchev–Trinajstić information content (AvgIpc) is 2.89. The van der Waals surface area contributed by atoms with Gasteiger partial charge in [0.2, 0.25) is 11.8 Å². The highest BCUT2D eigenvalue weighted by Crippen LogP contribution is 2.31. The van der Waals surface area contributed by atoms with Crippen LogP contribution >= 0.6 is 34.8 Å². The van der Waals surface area contributed by atoms with Gasteiger partial charge >= 0.3 is 0 Å². The lowest BCUT2D eigenvalue weighted by atomic mass is 10.1. The molecule has 3 rings (SSSR count). The van der Waals surface area contributed by atoms with E-state index in [-0.39, 0.29) is 33.1 Å². The molecule has 0 aliphatic rings. The smallest absolute Gasteiger partial charge is 0.264 e. The van der Waals surface area contributed by atoms with Gasteiger partial charge in [0.15, 0.2) is 0 Å². The Morgan fingerprint density at radius 3 is 2.11 bits per heavy atom. The Hall–Kier alpha value is -2.78. The van der Waals surface area contributed by atoms with E-state index in [0.717, 1.165) is 15.4 Å². The van der Waals surface area contributed by atoms with E-state index in [9.17, 15) is 18.0 Å². The Labute approximate surface area is 238 Å². The molecule has 3 aromatic carbocycles. The summed E-state index contributed by atoms with van der Waals surface area (Å²) in [6, 6.07) is 16.7. The zero-order valence-corrected chi connectivity index (χ0v) is 24.2. The second-order valence-corrected chi connectivity index (χ2v) is 11.7. The summed E-state index contributed by atoms with van der Waals surface area (Å²) < 4.78 is 28.6. The predicted octanol–water partition coefficient (Wildman–Crippen LogP) is 5.70. The third-order valence-electron chi connectivity index (χ3n) is 5.98. The van der Waals surface area contributed by atoms with Gasteiger partial charge in [-0.2, -0.15) is 0 Å². The van der Waals surface area contributed by atoms with Crippen molar-refractivity contribution in [2.24, 2.45) is 0 Å². The highest BCUT2D eigenvalue weighted by Gasteiger charge is 2.33. The summed E-state index contributed by atoms with van der Waals surface area (Å²) in [5, 5.41) is 3.49. The van der Waals surface area contributed by atoms with E-state index in [1.807, 2.05) is 6.92 Å². The summed E-state index contributed by atoms with van der Waals surface area (Å²) in [5.74, 6) is -0.936. The van der Waals surface area contributed by atoms with Crippen LogP contribution in [0.1, 0.15) is 24.5 Å². The number of anilines is 1. The first-order valence-electron chi connectivity index (χ1n) is 11.8. The number of halogens is 3. The topological polar surface area (TPSA) is 86.8 Å². The molecule has 202 valence electrons. The van der Waals surface area contributed by atoms with Gasteiger partial charge in [0.25, 0.3) is 10.0 Å². The monoisotopic (exact) mass is 595 g/mol. The standard InChI is InChI=1S/C27H28Cl3N3O4S/c1-4-25(27(35)31-3)32(16-19-7-9-20(28)10-8-19)26(34)17-33(21-11-14-23(29)24(30)15-21)38(36,37)22-12-5-18(2)6-13-22/h5-15,25H,4,16-17H2,1-3H3,(H,31,35). The van der Waals surface area contributed by atoms with Crippen molar-refractivity contribution >= 4 is 62.3 Å². The van der Waals surface area contributed by atoms with Gasteiger partial charge in [-0.3, -0.25) is 13.9 Å². The largest absolute Gasteiger partial charge is 0.357 e. The third kappa shape index (κ3) is 6.99.